The first-order valence-electron chi connectivity index (χ1n) is 15.8. The van der Waals surface area contributed by atoms with Crippen molar-refractivity contribution in [1.82, 2.24) is 0 Å². The van der Waals surface area contributed by atoms with Gasteiger partial charge in [0.25, 0.3) is 0 Å². The van der Waals surface area contributed by atoms with Gasteiger partial charge in [-0.05, 0) is 0 Å². The van der Waals surface area contributed by atoms with Crippen LogP contribution in [0, 0.1) is 39.0 Å². The van der Waals surface area contributed by atoms with E-state index in [1.54, 1.807) is 12.1 Å². The molecular weight excluding hydrogens is 725 g/mol. The molecule has 0 radical (unpaired) electrons. The number of allylic oxidation sites excluding steroid dienone is 4. The Labute approximate surface area is 306 Å². The molecular formula is C41H42Cl4Zr. The Kier molecular flexibility index (Phi) is 11.6. The molecule has 0 aliphatic heterocycles. The van der Waals surface area contributed by atoms with Gasteiger partial charge in [-0.15, -0.1) is 0 Å². The van der Waals surface area contributed by atoms with Gasteiger partial charge >= 0.3 is 284 Å². The van der Waals surface area contributed by atoms with E-state index in [1.165, 1.54) is 58.9 Å². The summed E-state index contributed by atoms with van der Waals surface area (Å²) >= 11 is 10.5. The predicted molar refractivity (Wildman–Crippen MR) is 189 cm³/mol. The molecule has 238 valence electrons. The molecule has 0 N–H and O–H groups in total. The summed E-state index contributed by atoms with van der Waals surface area (Å²) in [6.07, 6.45) is 7.28. The first-order chi connectivity index (χ1) is 20.9. The summed E-state index contributed by atoms with van der Waals surface area (Å²) in [6, 6.07) is 24.4. The maximum absolute atomic E-state index is 6.76. The van der Waals surface area contributed by atoms with E-state index in [-0.39, 0.29) is 30.2 Å². The quantitative estimate of drug-likeness (QED) is 0.231. The molecule has 0 fully saturated rings. The number of benzene rings is 4. The number of rotatable bonds is 5. The molecule has 0 bridgehead atoms. The first-order valence-corrected chi connectivity index (χ1v) is 20.3. The monoisotopic (exact) mass is 764 g/mol. The van der Waals surface area contributed by atoms with Crippen molar-refractivity contribution < 1.29 is 46.1 Å². The van der Waals surface area contributed by atoms with Crippen LogP contribution in [0.1, 0.15) is 78.6 Å². The summed E-state index contributed by atoms with van der Waals surface area (Å²) in [5.41, 5.74) is 15.5. The van der Waals surface area contributed by atoms with Crippen molar-refractivity contribution >= 4 is 29.7 Å². The Bertz CT molecular complexity index is 1870. The van der Waals surface area contributed by atoms with Crippen LogP contribution in [0.3, 0.4) is 0 Å². The van der Waals surface area contributed by atoms with E-state index in [1.807, 2.05) is 12.1 Å². The average molecular weight is 768 g/mol. The second-order valence-corrected chi connectivity index (χ2v) is 20.3. The molecule has 4 aromatic rings. The van der Waals surface area contributed by atoms with Gasteiger partial charge in [-0.1, -0.05) is 0 Å². The zero-order chi connectivity index (χ0) is 31.5. The molecule has 4 aromatic carbocycles. The molecule has 2 aliphatic carbocycles. The molecule has 46 heavy (non-hydrogen) atoms. The normalized spacial score (nSPS) is 14.7. The maximum atomic E-state index is 6.76. The average Bonchev–Trinajstić information content (AvgIpc) is 3.55. The molecule has 1 unspecified atom stereocenters. The van der Waals surface area contributed by atoms with Gasteiger partial charge in [0.15, 0.2) is 0 Å². The molecule has 0 amide bonds. The third-order valence-electron chi connectivity index (χ3n) is 9.74. The second-order valence-electron chi connectivity index (χ2n) is 13.7. The Morgan fingerprint density at radius 2 is 1.35 bits per heavy atom. The number of hydrogen-bond acceptors (Lipinski definition) is 0. The van der Waals surface area contributed by atoms with E-state index in [9.17, 15) is 0 Å². The van der Waals surface area contributed by atoms with Crippen LogP contribution in [0.25, 0.3) is 11.1 Å². The van der Waals surface area contributed by atoms with Gasteiger partial charge in [-0.3, -0.25) is 0 Å². The molecule has 0 spiro atoms. The molecule has 1 atom stereocenters. The third kappa shape index (κ3) is 6.88. The molecule has 0 aromatic heterocycles. The van der Waals surface area contributed by atoms with Crippen molar-refractivity contribution in [2.45, 2.75) is 68.2 Å². The van der Waals surface area contributed by atoms with Gasteiger partial charge in [-0.2, -0.15) is 0 Å². The van der Waals surface area contributed by atoms with E-state index in [0.717, 1.165) is 22.9 Å². The number of aryl methyl sites for hydroxylation is 3. The molecule has 6 rings (SSSR count). The van der Waals surface area contributed by atoms with Gasteiger partial charge in [0.05, 0.1) is 0 Å². The van der Waals surface area contributed by atoms with Gasteiger partial charge in [0.1, 0.15) is 0 Å². The summed E-state index contributed by atoms with van der Waals surface area (Å²) in [4.78, 5) is 0. The van der Waals surface area contributed by atoms with Crippen LogP contribution >= 0.6 is 23.2 Å². The van der Waals surface area contributed by atoms with Crippen LogP contribution < -0.4 is 28.1 Å². The summed E-state index contributed by atoms with van der Waals surface area (Å²) < 4.78 is 4.76. The smallest absolute Gasteiger partial charge is 1.00 e. The van der Waals surface area contributed by atoms with E-state index in [2.05, 4.69) is 122 Å². The first kappa shape index (κ1) is 37.1. The summed E-state index contributed by atoms with van der Waals surface area (Å²) in [6.45, 7) is 18.6. The summed E-state index contributed by atoms with van der Waals surface area (Å²) in [5.74, 6) is 0.427. The van der Waals surface area contributed by atoms with E-state index >= 15 is 0 Å². The SMILES string of the molecule is CCC1C=C(C(C)(C)C)C=[C]1[Zr+2](=[C](c1cccc(Cl)c1)c1cccc(Cl)c1)[c]1c(C)c(C)cc2c1Cc1cc(C)c(C)cc1-2.[Cl-].[Cl-]. The zero-order valence-electron chi connectivity index (χ0n) is 28.0. The Hall–Kier alpha value is -1.73. The number of hydrogen-bond donors (Lipinski definition) is 0. The fraction of sp³-hybridized carbons (Fsp3) is 0.293. The van der Waals surface area contributed by atoms with Gasteiger partial charge in [-0.25, -0.2) is 0 Å². The van der Waals surface area contributed by atoms with Crippen LogP contribution in [-0.2, 0) is 27.7 Å². The minimum absolute atomic E-state index is 0. The molecule has 0 nitrogen and oxygen atoms in total. The van der Waals surface area contributed by atoms with E-state index in [4.69, 9.17) is 23.2 Å². The van der Waals surface area contributed by atoms with Gasteiger partial charge in [0.2, 0.25) is 0 Å². The topological polar surface area (TPSA) is 0 Å². The van der Waals surface area contributed by atoms with Crippen molar-refractivity contribution in [2.75, 3.05) is 0 Å². The predicted octanol–water partition coefficient (Wildman–Crippen LogP) is 5.21. The van der Waals surface area contributed by atoms with Crippen LogP contribution in [0.15, 0.2) is 87.7 Å². The van der Waals surface area contributed by atoms with E-state index < -0.39 is 21.3 Å². The number of halogens is 4. The fourth-order valence-corrected chi connectivity index (χ4v) is 16.7. The van der Waals surface area contributed by atoms with Crippen molar-refractivity contribution in [3.8, 4) is 11.1 Å². The number of fused-ring (bicyclic) bond motifs is 3. The van der Waals surface area contributed by atoms with Gasteiger partial charge < -0.3 is 24.8 Å². The molecule has 0 saturated heterocycles. The van der Waals surface area contributed by atoms with Crippen molar-refractivity contribution in [3.05, 3.63) is 142 Å². The van der Waals surface area contributed by atoms with Crippen LogP contribution in [0.4, 0.5) is 0 Å². The summed E-state index contributed by atoms with van der Waals surface area (Å²) in [5, 5.41) is 1.55. The molecule has 5 heteroatoms. The van der Waals surface area contributed by atoms with Crippen LogP contribution in [0.5, 0.6) is 0 Å². The zero-order valence-corrected chi connectivity index (χ0v) is 33.5. The third-order valence-corrected chi connectivity index (χ3v) is 18.4. The molecule has 0 saturated carbocycles. The fourth-order valence-electron chi connectivity index (χ4n) is 7.04. The standard InChI is InChI=1S/C17H17.C13H8Cl2.C11H17.2ClH.Zr/c1-10-5-14-9-15-6-11(2)13(4)8-17(15)16(14)7-12(10)3;14-12-5-1-3-10(8-12)7-11-4-2-6-13(15)9-11;1-5-9-6-7-10(8-9)11(2,3)4;;;/h5,7-8H,9H2,1-4H3;1-6,8-9H;7-9H,5H2,1-4H3;2*1H;/q;;;;;+2/p-2. The Morgan fingerprint density at radius 3 is 1.89 bits per heavy atom. The molecule has 0 heterocycles. The van der Waals surface area contributed by atoms with Crippen molar-refractivity contribution in [3.63, 3.8) is 0 Å². The minimum Gasteiger partial charge on any atom is -1.00 e. The van der Waals surface area contributed by atoms with Crippen molar-refractivity contribution in [2.24, 2.45) is 11.3 Å². The minimum atomic E-state index is -2.98. The summed E-state index contributed by atoms with van der Waals surface area (Å²) in [7, 11) is 0. The van der Waals surface area contributed by atoms with Crippen LogP contribution in [0.2, 0.25) is 10.0 Å². The largest absolute Gasteiger partial charge is 1.00 e. The second kappa shape index (κ2) is 14.4. The van der Waals surface area contributed by atoms with Crippen LogP contribution in [-0.4, -0.2) is 3.21 Å². The molecule has 2 aliphatic rings. The maximum Gasteiger partial charge on any atom is -1.00 e. The Balaban J connectivity index is 0.00000240. The van der Waals surface area contributed by atoms with Gasteiger partial charge in [0, 0.05) is 0 Å². The van der Waals surface area contributed by atoms with E-state index in [0.29, 0.717) is 5.92 Å². The Morgan fingerprint density at radius 1 is 0.783 bits per heavy atom. The van der Waals surface area contributed by atoms with Crippen molar-refractivity contribution in [1.29, 1.82) is 0 Å².